The molecule has 1 heterocycles. The summed E-state index contributed by atoms with van der Waals surface area (Å²) >= 11 is 0. The van der Waals surface area contributed by atoms with Gasteiger partial charge >= 0.3 is 5.82 Å². The van der Waals surface area contributed by atoms with Gasteiger partial charge in [0.1, 0.15) is 12.9 Å². The van der Waals surface area contributed by atoms with Crippen LogP contribution >= 0.6 is 0 Å². The molecule has 4 nitrogen and oxygen atoms in total. The van der Waals surface area contributed by atoms with E-state index in [1.54, 1.807) is 0 Å². The monoisotopic (exact) mass is 172 g/mol. The molecule has 0 aromatic carbocycles. The van der Waals surface area contributed by atoms with Crippen molar-refractivity contribution in [1.82, 2.24) is 0 Å². The van der Waals surface area contributed by atoms with Crippen molar-refractivity contribution in [1.29, 1.82) is 0 Å². The molecule has 68 valence electrons. The minimum atomic E-state index is -0.692. The van der Waals surface area contributed by atoms with Crippen LogP contribution in [0.15, 0.2) is 19.9 Å². The van der Waals surface area contributed by atoms with Crippen molar-refractivity contribution < 1.29 is 13.6 Å². The molecular weight excluding hydrogens is 160 g/mol. The second-order valence-electron chi connectivity index (χ2n) is 3.46. The first-order valence-electron chi connectivity index (χ1n) is 3.69. The topological polar surface area (TPSA) is 52.6 Å². The van der Waals surface area contributed by atoms with E-state index in [9.17, 15) is 4.79 Å². The Hall–Kier alpha value is -1.03. The van der Waals surface area contributed by atoms with Crippen LogP contribution in [0.5, 0.6) is 0 Å². The van der Waals surface area contributed by atoms with Crippen LogP contribution in [0, 0.1) is 0 Å². The molecular formula is C8H12O4. The molecule has 0 aliphatic rings. The fourth-order valence-electron chi connectivity index (χ4n) is 0.620. The highest BCUT2D eigenvalue weighted by Crippen LogP contribution is 2.10. The van der Waals surface area contributed by atoms with Crippen molar-refractivity contribution in [3.8, 4) is 0 Å². The zero-order chi connectivity index (χ0) is 9.19. The molecule has 0 aliphatic heterocycles. The molecule has 0 unspecified atom stereocenters. The van der Waals surface area contributed by atoms with E-state index in [-0.39, 0.29) is 12.2 Å². The lowest BCUT2D eigenvalue weighted by molar-refractivity contribution is -0.0227. The maximum Gasteiger partial charge on any atom is 0.518 e. The molecule has 0 spiro atoms. The lowest BCUT2D eigenvalue weighted by Gasteiger charge is -2.17. The Kier molecular flexibility index (Phi) is 2.38. The summed E-state index contributed by atoms with van der Waals surface area (Å²) in [6.45, 7) is 6.02. The van der Waals surface area contributed by atoms with Crippen molar-refractivity contribution >= 4 is 0 Å². The Labute approximate surface area is 70.1 Å². The number of ether oxygens (including phenoxy) is 1. The summed E-state index contributed by atoms with van der Waals surface area (Å²) < 4.78 is 14.4. The van der Waals surface area contributed by atoms with Gasteiger partial charge in [-0.05, 0) is 20.8 Å². The molecule has 1 aromatic rings. The van der Waals surface area contributed by atoms with Gasteiger partial charge in [-0.2, -0.15) is 0 Å². The Morgan fingerprint density at radius 3 is 2.58 bits per heavy atom. The second kappa shape index (κ2) is 3.15. The van der Waals surface area contributed by atoms with Gasteiger partial charge in [0.05, 0.1) is 5.60 Å². The molecule has 0 saturated carbocycles. The van der Waals surface area contributed by atoms with Gasteiger partial charge in [-0.15, -0.1) is 0 Å². The van der Waals surface area contributed by atoms with Crippen LogP contribution in [0.2, 0.25) is 0 Å². The Bertz CT molecular complexity index is 288. The summed E-state index contributed by atoms with van der Waals surface area (Å²) in [5, 5.41) is 0. The van der Waals surface area contributed by atoms with Crippen molar-refractivity contribution in [2.75, 3.05) is 0 Å². The summed E-state index contributed by atoms with van der Waals surface area (Å²) in [5.74, 6) is -0.280. The lowest BCUT2D eigenvalue weighted by atomic mass is 10.2. The van der Waals surface area contributed by atoms with Gasteiger partial charge in [-0.1, -0.05) is 0 Å². The Morgan fingerprint density at radius 2 is 2.17 bits per heavy atom. The average Bonchev–Trinajstić information content (AvgIpc) is 2.30. The minimum Gasteiger partial charge on any atom is -0.399 e. The van der Waals surface area contributed by atoms with E-state index in [2.05, 4.69) is 8.83 Å². The van der Waals surface area contributed by atoms with Crippen LogP contribution in [0.4, 0.5) is 0 Å². The molecule has 0 amide bonds. The fraction of sp³-hybridized carbons (Fsp3) is 0.625. The van der Waals surface area contributed by atoms with E-state index >= 15 is 0 Å². The highest BCUT2D eigenvalue weighted by atomic mass is 16.6. The van der Waals surface area contributed by atoms with Crippen molar-refractivity contribution in [2.45, 2.75) is 33.0 Å². The highest BCUT2D eigenvalue weighted by molar-refractivity contribution is 4.82. The maximum atomic E-state index is 10.4. The maximum absolute atomic E-state index is 10.4. The summed E-state index contributed by atoms with van der Waals surface area (Å²) in [6.07, 6.45) is 1.26. The van der Waals surface area contributed by atoms with Crippen LogP contribution < -0.4 is 5.82 Å². The van der Waals surface area contributed by atoms with Gasteiger partial charge in [0, 0.05) is 0 Å². The van der Waals surface area contributed by atoms with Gasteiger partial charge < -0.3 is 13.6 Å². The van der Waals surface area contributed by atoms with Crippen molar-refractivity contribution in [2.24, 2.45) is 0 Å². The molecule has 0 radical (unpaired) electrons. The molecule has 0 aliphatic carbocycles. The average molecular weight is 172 g/mol. The zero-order valence-corrected chi connectivity index (χ0v) is 7.42. The van der Waals surface area contributed by atoms with Gasteiger partial charge in [0.2, 0.25) is 0 Å². The first-order chi connectivity index (χ1) is 5.47. The van der Waals surface area contributed by atoms with Gasteiger partial charge in [0.15, 0.2) is 5.76 Å². The van der Waals surface area contributed by atoms with Gasteiger partial charge in [0.25, 0.3) is 0 Å². The van der Waals surface area contributed by atoms with E-state index in [1.165, 1.54) is 6.26 Å². The molecule has 1 aromatic heterocycles. The van der Waals surface area contributed by atoms with Crippen LogP contribution in [0.25, 0.3) is 0 Å². The third-order valence-electron chi connectivity index (χ3n) is 1.15. The SMILES string of the molecule is CC(C)(C)OCc1coc(=O)o1. The molecule has 12 heavy (non-hydrogen) atoms. The quantitative estimate of drug-likeness (QED) is 0.679. The predicted octanol–water partition coefficient (Wildman–Crippen LogP) is 1.55. The molecule has 0 N–H and O–H groups in total. The fourth-order valence-corrected chi connectivity index (χ4v) is 0.620. The van der Waals surface area contributed by atoms with Crippen molar-refractivity contribution in [3.63, 3.8) is 0 Å². The van der Waals surface area contributed by atoms with Crippen molar-refractivity contribution in [3.05, 3.63) is 22.6 Å². The van der Waals surface area contributed by atoms with Gasteiger partial charge in [-0.3, -0.25) is 0 Å². The van der Waals surface area contributed by atoms with Crippen LogP contribution in [0.1, 0.15) is 26.5 Å². The predicted molar refractivity (Wildman–Crippen MR) is 41.8 cm³/mol. The van der Waals surface area contributed by atoms with E-state index in [0.717, 1.165) is 0 Å². The third-order valence-corrected chi connectivity index (χ3v) is 1.15. The molecule has 1 rings (SSSR count). The zero-order valence-electron chi connectivity index (χ0n) is 7.42. The molecule has 0 atom stereocenters. The Balaban J connectivity index is 2.49. The summed E-state index contributed by atoms with van der Waals surface area (Å²) in [4.78, 5) is 10.4. The number of hydrogen-bond donors (Lipinski definition) is 0. The van der Waals surface area contributed by atoms with E-state index in [0.29, 0.717) is 5.76 Å². The minimum absolute atomic E-state index is 0.240. The molecule has 0 bridgehead atoms. The smallest absolute Gasteiger partial charge is 0.399 e. The number of rotatable bonds is 2. The number of hydrogen-bond acceptors (Lipinski definition) is 4. The largest absolute Gasteiger partial charge is 0.518 e. The van der Waals surface area contributed by atoms with Crippen LogP contribution in [-0.2, 0) is 11.3 Å². The van der Waals surface area contributed by atoms with E-state index < -0.39 is 5.82 Å². The summed E-state index contributed by atoms with van der Waals surface area (Å²) in [7, 11) is 0. The Morgan fingerprint density at radius 1 is 1.50 bits per heavy atom. The van der Waals surface area contributed by atoms with E-state index in [1.807, 2.05) is 20.8 Å². The summed E-state index contributed by atoms with van der Waals surface area (Å²) in [5.41, 5.74) is -0.240. The normalized spacial score (nSPS) is 11.9. The lowest BCUT2D eigenvalue weighted by Crippen LogP contribution is -2.18. The third kappa shape index (κ3) is 2.92. The van der Waals surface area contributed by atoms with Gasteiger partial charge in [-0.25, -0.2) is 4.79 Å². The molecule has 0 saturated heterocycles. The van der Waals surface area contributed by atoms with Crippen LogP contribution in [0.3, 0.4) is 0 Å². The molecule has 4 heteroatoms. The second-order valence-corrected chi connectivity index (χ2v) is 3.46. The molecule has 0 fully saturated rings. The highest BCUT2D eigenvalue weighted by Gasteiger charge is 2.11. The standard InChI is InChI=1S/C8H12O4/c1-8(2,3)11-5-6-4-10-7(9)12-6/h4H,5H2,1-3H3. The summed E-state index contributed by atoms with van der Waals surface area (Å²) in [6, 6.07) is 0. The van der Waals surface area contributed by atoms with E-state index in [4.69, 9.17) is 4.74 Å². The first-order valence-corrected chi connectivity index (χ1v) is 3.69. The van der Waals surface area contributed by atoms with Crippen LogP contribution in [-0.4, -0.2) is 5.60 Å². The first kappa shape index (κ1) is 9.06.